The molecule has 6 heteroatoms. The van der Waals surface area contributed by atoms with Crippen LogP contribution in [0.4, 0.5) is 0 Å². The molecule has 1 aliphatic heterocycles. The van der Waals surface area contributed by atoms with Crippen LogP contribution in [-0.2, 0) is 16.1 Å². The molecule has 2 rings (SSSR count). The Morgan fingerprint density at radius 1 is 1.53 bits per heavy atom. The number of aromatic nitrogens is 1. The van der Waals surface area contributed by atoms with Crippen molar-refractivity contribution in [3.63, 3.8) is 0 Å². The molecular weight excluding hydrogens is 262 g/mol. The normalized spacial score (nSPS) is 20.0. The van der Waals surface area contributed by atoms with Crippen molar-refractivity contribution in [2.45, 2.75) is 39.8 Å². The van der Waals surface area contributed by atoms with E-state index < -0.39 is 0 Å². The van der Waals surface area contributed by atoms with Crippen LogP contribution in [0.1, 0.15) is 30.8 Å². The van der Waals surface area contributed by atoms with Crippen molar-refractivity contribution in [1.29, 1.82) is 0 Å². The number of rotatable bonds is 4. The molecule has 2 amide bonds. The Balaban J connectivity index is 2.09. The van der Waals surface area contributed by atoms with E-state index >= 15 is 0 Å². The maximum Gasteiger partial charge on any atom is 0.245 e. The van der Waals surface area contributed by atoms with E-state index in [0.717, 1.165) is 10.6 Å². The SMILES string of the molecule is Cc1ncsc1CN1CC(=O)NC(CC(C)C)C1=O. The minimum atomic E-state index is -0.380. The molecule has 1 aliphatic rings. The second kappa shape index (κ2) is 5.69. The fraction of sp³-hybridized carbons (Fsp3) is 0.615. The zero-order valence-corrected chi connectivity index (χ0v) is 12.3. The van der Waals surface area contributed by atoms with E-state index in [1.165, 1.54) is 11.3 Å². The molecule has 1 atom stereocenters. The van der Waals surface area contributed by atoms with E-state index in [2.05, 4.69) is 10.3 Å². The lowest BCUT2D eigenvalue weighted by Gasteiger charge is -2.33. The second-order valence-electron chi connectivity index (χ2n) is 5.30. The summed E-state index contributed by atoms with van der Waals surface area (Å²) in [5.74, 6) is 0.313. The average molecular weight is 281 g/mol. The van der Waals surface area contributed by atoms with Crippen LogP contribution in [0.2, 0.25) is 0 Å². The van der Waals surface area contributed by atoms with Gasteiger partial charge >= 0.3 is 0 Å². The van der Waals surface area contributed by atoms with Crippen molar-refractivity contribution in [2.75, 3.05) is 6.54 Å². The van der Waals surface area contributed by atoms with Crippen molar-refractivity contribution < 1.29 is 9.59 Å². The summed E-state index contributed by atoms with van der Waals surface area (Å²) in [6, 6.07) is -0.380. The number of nitrogens with zero attached hydrogens (tertiary/aromatic N) is 2. The molecule has 1 aromatic rings. The van der Waals surface area contributed by atoms with E-state index in [1.54, 1.807) is 10.4 Å². The molecule has 1 N–H and O–H groups in total. The van der Waals surface area contributed by atoms with Gasteiger partial charge in [0.15, 0.2) is 0 Å². The summed E-state index contributed by atoms with van der Waals surface area (Å²) >= 11 is 1.52. The van der Waals surface area contributed by atoms with E-state index in [4.69, 9.17) is 0 Å². The van der Waals surface area contributed by atoms with Crippen LogP contribution >= 0.6 is 11.3 Å². The van der Waals surface area contributed by atoms with E-state index in [1.807, 2.05) is 20.8 Å². The Morgan fingerprint density at radius 3 is 2.84 bits per heavy atom. The summed E-state index contributed by atoms with van der Waals surface area (Å²) in [6.45, 7) is 6.64. The summed E-state index contributed by atoms with van der Waals surface area (Å²) in [4.78, 5) is 30.9. The highest BCUT2D eigenvalue weighted by molar-refractivity contribution is 7.09. The molecule has 0 spiro atoms. The summed E-state index contributed by atoms with van der Waals surface area (Å²) < 4.78 is 0. The van der Waals surface area contributed by atoms with E-state index in [-0.39, 0.29) is 24.4 Å². The van der Waals surface area contributed by atoms with Gasteiger partial charge in [-0.2, -0.15) is 0 Å². The molecule has 2 heterocycles. The van der Waals surface area contributed by atoms with Crippen molar-refractivity contribution in [3.8, 4) is 0 Å². The van der Waals surface area contributed by atoms with E-state index in [9.17, 15) is 9.59 Å². The average Bonchev–Trinajstić information content (AvgIpc) is 2.70. The highest BCUT2D eigenvalue weighted by Gasteiger charge is 2.33. The van der Waals surface area contributed by atoms with Crippen LogP contribution in [0.25, 0.3) is 0 Å². The third kappa shape index (κ3) is 3.32. The number of amides is 2. The van der Waals surface area contributed by atoms with Gasteiger partial charge in [-0.3, -0.25) is 9.59 Å². The topological polar surface area (TPSA) is 62.3 Å². The third-order valence-corrected chi connectivity index (χ3v) is 4.09. The highest BCUT2D eigenvalue weighted by atomic mass is 32.1. The molecule has 0 aromatic carbocycles. The van der Waals surface area contributed by atoms with Gasteiger partial charge in [-0.15, -0.1) is 11.3 Å². The van der Waals surface area contributed by atoms with Crippen molar-refractivity contribution in [1.82, 2.24) is 15.2 Å². The number of thiazole rings is 1. The number of hydrogen-bond acceptors (Lipinski definition) is 4. The summed E-state index contributed by atoms with van der Waals surface area (Å²) in [5, 5.41) is 2.78. The van der Waals surface area contributed by atoms with E-state index in [0.29, 0.717) is 18.9 Å². The molecule has 0 bridgehead atoms. The fourth-order valence-corrected chi connectivity index (χ4v) is 2.98. The largest absolute Gasteiger partial charge is 0.343 e. The molecule has 19 heavy (non-hydrogen) atoms. The second-order valence-corrected chi connectivity index (χ2v) is 6.24. The number of carbonyl (C=O) groups excluding carboxylic acids is 2. The van der Waals surface area contributed by atoms with Crippen LogP contribution in [0.15, 0.2) is 5.51 Å². The minimum Gasteiger partial charge on any atom is -0.343 e. The lowest BCUT2D eigenvalue weighted by Crippen LogP contribution is -2.57. The number of piperazine rings is 1. The van der Waals surface area contributed by atoms with Crippen LogP contribution in [0, 0.1) is 12.8 Å². The van der Waals surface area contributed by atoms with Crippen LogP contribution < -0.4 is 5.32 Å². The van der Waals surface area contributed by atoms with Gasteiger partial charge in [0, 0.05) is 4.88 Å². The molecule has 1 unspecified atom stereocenters. The Bertz CT molecular complexity index is 484. The predicted molar refractivity (Wildman–Crippen MR) is 73.7 cm³/mol. The molecule has 104 valence electrons. The Labute approximate surface area is 117 Å². The zero-order valence-electron chi connectivity index (χ0n) is 11.5. The molecular formula is C13H19N3O2S. The van der Waals surface area contributed by atoms with Gasteiger partial charge in [0.1, 0.15) is 6.04 Å². The Kier molecular flexibility index (Phi) is 4.19. The zero-order chi connectivity index (χ0) is 14.0. The lowest BCUT2D eigenvalue weighted by molar-refractivity contribution is -0.145. The Hall–Kier alpha value is -1.43. The number of nitrogens with one attached hydrogen (secondary N) is 1. The molecule has 1 fully saturated rings. The first kappa shape index (κ1) is 14.0. The van der Waals surface area contributed by atoms with Crippen molar-refractivity contribution in [3.05, 3.63) is 16.1 Å². The first-order chi connectivity index (χ1) is 8.97. The first-order valence-electron chi connectivity index (χ1n) is 6.44. The van der Waals surface area contributed by atoms with Crippen molar-refractivity contribution in [2.24, 2.45) is 5.92 Å². The monoisotopic (exact) mass is 281 g/mol. The smallest absolute Gasteiger partial charge is 0.245 e. The van der Waals surface area contributed by atoms with Gasteiger partial charge in [-0.05, 0) is 19.3 Å². The maximum absolute atomic E-state index is 12.3. The van der Waals surface area contributed by atoms with Crippen LogP contribution in [-0.4, -0.2) is 34.3 Å². The number of aryl methyl sites for hydroxylation is 1. The molecule has 0 saturated carbocycles. The molecule has 0 radical (unpaired) electrons. The Morgan fingerprint density at radius 2 is 2.26 bits per heavy atom. The predicted octanol–water partition coefficient (Wildman–Crippen LogP) is 1.32. The summed E-state index contributed by atoms with van der Waals surface area (Å²) in [6.07, 6.45) is 0.683. The van der Waals surface area contributed by atoms with Gasteiger partial charge in [0.25, 0.3) is 0 Å². The number of carbonyl (C=O) groups is 2. The summed E-state index contributed by atoms with van der Waals surface area (Å²) in [7, 11) is 0. The lowest BCUT2D eigenvalue weighted by atomic mass is 10.0. The van der Waals surface area contributed by atoms with Crippen LogP contribution in [0.3, 0.4) is 0 Å². The standard InChI is InChI=1S/C13H19N3O2S/c1-8(2)4-10-13(18)16(6-12(17)15-10)5-11-9(3)14-7-19-11/h7-8,10H,4-6H2,1-3H3,(H,15,17). The van der Waals surface area contributed by atoms with Gasteiger partial charge in [0.2, 0.25) is 11.8 Å². The van der Waals surface area contributed by atoms with Gasteiger partial charge < -0.3 is 10.2 Å². The maximum atomic E-state index is 12.3. The van der Waals surface area contributed by atoms with Gasteiger partial charge in [-0.25, -0.2) is 4.98 Å². The molecule has 0 aliphatic carbocycles. The molecule has 1 saturated heterocycles. The van der Waals surface area contributed by atoms with Gasteiger partial charge in [-0.1, -0.05) is 13.8 Å². The minimum absolute atomic E-state index is 0.0149. The fourth-order valence-electron chi connectivity index (χ4n) is 2.19. The quantitative estimate of drug-likeness (QED) is 0.905. The molecule has 5 nitrogen and oxygen atoms in total. The van der Waals surface area contributed by atoms with Crippen molar-refractivity contribution >= 4 is 23.2 Å². The summed E-state index contributed by atoms with van der Waals surface area (Å²) in [5.41, 5.74) is 2.70. The number of hydrogen-bond donors (Lipinski definition) is 1. The third-order valence-electron chi connectivity index (χ3n) is 3.17. The first-order valence-corrected chi connectivity index (χ1v) is 7.32. The van der Waals surface area contributed by atoms with Gasteiger partial charge in [0.05, 0.1) is 24.3 Å². The highest BCUT2D eigenvalue weighted by Crippen LogP contribution is 2.18. The molecule has 1 aromatic heterocycles. The van der Waals surface area contributed by atoms with Crippen LogP contribution in [0.5, 0.6) is 0 Å².